The molecule has 2 aromatic carbocycles. The van der Waals surface area contributed by atoms with Crippen molar-refractivity contribution in [2.45, 2.75) is 75.3 Å². The Balaban J connectivity index is 0.000000205. The summed E-state index contributed by atoms with van der Waals surface area (Å²) in [6.07, 6.45) is -8.60. The summed E-state index contributed by atoms with van der Waals surface area (Å²) < 4.78 is 122. The van der Waals surface area contributed by atoms with E-state index in [4.69, 9.17) is 45.0 Å². The van der Waals surface area contributed by atoms with Crippen LogP contribution in [-0.4, -0.2) is 120 Å². The first-order valence-electron chi connectivity index (χ1n) is 21.9. The Morgan fingerprint density at radius 1 is 0.732 bits per heavy atom. The van der Waals surface area contributed by atoms with Crippen molar-refractivity contribution in [2.75, 3.05) is 71.1 Å². The number of carbonyl (C=O) groups excluding carboxylic acids is 6. The number of aldehydes is 1. The SMILES string of the molecule is COCCOCOC.COCCOCOC(=O)[C@@H]1CC2(C)OC1(C)[C@@H]1C(=O)N(c3ccc(C#N)c(C(F)(F)F)c3)C(=O)[C@@H]12.[C-]#[N+]c1ccc(N2C(=O)[C@@H]3[C@H](C2=O)C2(C)OC3(C)C[C@@H]2C=O)cc1C(F)(F)F. The molecule has 384 valence electrons. The predicted octanol–water partition coefficient (Wildman–Crippen LogP) is 5.80. The second kappa shape index (κ2) is 20.3. The fourth-order valence-corrected chi connectivity index (χ4v) is 10.8. The molecular weight excluding hydrogens is 959 g/mol. The molecule has 0 saturated carbocycles. The van der Waals surface area contributed by atoms with E-state index in [9.17, 15) is 55.1 Å². The lowest BCUT2D eigenvalue weighted by atomic mass is 9.64. The minimum Gasteiger partial charge on any atom is -0.438 e. The number of fused-ring (bicyclic) bond motifs is 10. The molecular formula is C47H50F6N4O14. The second-order valence-electron chi connectivity index (χ2n) is 18.3. The number of alkyl halides is 6. The molecule has 0 aliphatic carbocycles. The number of nitrogens with zero attached hydrogens (tertiary/aromatic N) is 4. The van der Waals surface area contributed by atoms with Gasteiger partial charge in [0.1, 0.15) is 13.1 Å². The second-order valence-corrected chi connectivity index (χ2v) is 18.3. The van der Waals surface area contributed by atoms with Crippen molar-refractivity contribution in [3.05, 3.63) is 64.5 Å². The highest BCUT2D eigenvalue weighted by atomic mass is 19.4. The number of imide groups is 2. The van der Waals surface area contributed by atoms with Gasteiger partial charge in [0.05, 0.1) is 113 Å². The third-order valence-corrected chi connectivity index (χ3v) is 13.9. The normalized spacial score (nSPS) is 31.1. The van der Waals surface area contributed by atoms with Crippen LogP contribution < -0.4 is 9.80 Å². The number of benzene rings is 2. The van der Waals surface area contributed by atoms with Crippen LogP contribution in [0.3, 0.4) is 0 Å². The van der Waals surface area contributed by atoms with E-state index in [0.29, 0.717) is 49.9 Å². The molecule has 10 atom stereocenters. The van der Waals surface area contributed by atoms with Crippen molar-refractivity contribution in [3.8, 4) is 6.07 Å². The van der Waals surface area contributed by atoms with E-state index in [0.717, 1.165) is 29.2 Å². The van der Waals surface area contributed by atoms with E-state index < -0.39 is 122 Å². The number of hydrogen-bond acceptors (Lipinski definition) is 15. The quantitative estimate of drug-likeness (QED) is 0.0417. The maximum Gasteiger partial charge on any atom is 0.417 e. The Labute approximate surface area is 403 Å². The number of halogens is 6. The summed E-state index contributed by atoms with van der Waals surface area (Å²) >= 11 is 0. The molecule has 4 bridgehead atoms. The van der Waals surface area contributed by atoms with Crippen LogP contribution in [-0.2, 0) is 79.0 Å². The zero-order chi connectivity index (χ0) is 52.6. The Hall–Kier alpha value is -5.86. The lowest BCUT2D eigenvalue weighted by Gasteiger charge is -2.33. The topological polar surface area (TPSA) is 211 Å². The number of amides is 4. The van der Waals surface area contributed by atoms with E-state index >= 15 is 0 Å². The highest BCUT2D eigenvalue weighted by Gasteiger charge is 2.78. The molecule has 0 N–H and O–H groups in total. The van der Waals surface area contributed by atoms with Crippen LogP contribution in [0.25, 0.3) is 4.85 Å². The minimum absolute atomic E-state index is 0.0929. The van der Waals surface area contributed by atoms with Crippen molar-refractivity contribution < 1.29 is 93.0 Å². The minimum atomic E-state index is -4.86. The summed E-state index contributed by atoms with van der Waals surface area (Å²) in [5.74, 6) is -8.81. The van der Waals surface area contributed by atoms with Gasteiger partial charge in [0.15, 0.2) is 12.5 Å². The van der Waals surface area contributed by atoms with Crippen molar-refractivity contribution in [1.82, 2.24) is 0 Å². The number of rotatable bonds is 14. The van der Waals surface area contributed by atoms with Gasteiger partial charge in [-0.2, -0.15) is 31.6 Å². The number of ether oxygens (including phenoxy) is 8. The van der Waals surface area contributed by atoms with Gasteiger partial charge < -0.3 is 42.7 Å². The first-order chi connectivity index (χ1) is 33.3. The summed E-state index contributed by atoms with van der Waals surface area (Å²) in [5.41, 5.74) is -9.03. The summed E-state index contributed by atoms with van der Waals surface area (Å²) in [6, 6.07) is 6.88. The van der Waals surface area contributed by atoms with Crippen molar-refractivity contribution in [2.24, 2.45) is 35.5 Å². The Bertz CT molecular complexity index is 2530. The van der Waals surface area contributed by atoms with E-state index in [1.165, 1.54) is 20.1 Å². The van der Waals surface area contributed by atoms with Crippen LogP contribution in [0.1, 0.15) is 57.2 Å². The molecule has 0 aromatic heterocycles. The van der Waals surface area contributed by atoms with E-state index in [-0.39, 0.29) is 37.6 Å². The molecule has 6 aliphatic heterocycles. The van der Waals surface area contributed by atoms with Crippen molar-refractivity contribution in [1.29, 1.82) is 5.26 Å². The van der Waals surface area contributed by atoms with Gasteiger partial charge in [-0.25, -0.2) is 14.6 Å². The standard InChI is InChI=1S/C23H23F3N2O7.C19H15F3N2O4.C5H12O3/c1-21-9-15(20(31)34-11-33-7-6-32-3)22(2,35-21)17-16(21)18(29)28(19(17)30)13-5-4-12(10-27)14(8-13)23(24,25)26;1-17-7-9(8-25)18(2,28-17)14-13(17)15(26)24(16(14)27)10-4-5-12(23-3)11(6-10)19(20,21)22;1-6-3-4-8-5-7-2/h4-5,8,15-17H,6-7,9,11H2,1-3H3;4-6,8-9,13-14H,7H2,1-2H3;3-5H2,1-2H3/t15-,16+,17-,21?,22?;9-,13+,14-,17?,18?;/m01./s1. The molecule has 6 fully saturated rings. The fourth-order valence-electron chi connectivity index (χ4n) is 10.8. The van der Waals surface area contributed by atoms with Gasteiger partial charge in [0, 0.05) is 32.9 Å². The third-order valence-electron chi connectivity index (χ3n) is 13.9. The van der Waals surface area contributed by atoms with Crippen LogP contribution in [0.15, 0.2) is 36.4 Å². The number of anilines is 2. The van der Waals surface area contributed by atoms with Gasteiger partial charge in [-0.15, -0.1) is 0 Å². The van der Waals surface area contributed by atoms with Gasteiger partial charge in [-0.1, -0.05) is 6.07 Å². The maximum absolute atomic E-state index is 13.5. The number of hydrogen-bond donors (Lipinski definition) is 0. The third kappa shape index (κ3) is 9.66. The lowest BCUT2D eigenvalue weighted by Crippen LogP contribution is -2.49. The molecule has 18 nitrogen and oxygen atoms in total. The highest BCUT2D eigenvalue weighted by Crippen LogP contribution is 2.65. The number of carbonyl (C=O) groups is 6. The zero-order valence-corrected chi connectivity index (χ0v) is 39.4. The van der Waals surface area contributed by atoms with Gasteiger partial charge in [-0.05, 0) is 70.9 Å². The smallest absolute Gasteiger partial charge is 0.417 e. The van der Waals surface area contributed by atoms with Crippen molar-refractivity contribution >= 4 is 52.9 Å². The molecule has 6 saturated heterocycles. The molecule has 8 rings (SSSR count). The maximum atomic E-state index is 13.5. The molecule has 4 amide bonds. The highest BCUT2D eigenvalue weighted by molar-refractivity contribution is 6.24. The summed E-state index contributed by atoms with van der Waals surface area (Å²) in [6.45, 7) is 15.1. The Morgan fingerprint density at radius 2 is 1.21 bits per heavy atom. The fraction of sp³-hybridized carbons (Fsp3) is 0.574. The largest absolute Gasteiger partial charge is 0.438 e. The summed E-state index contributed by atoms with van der Waals surface area (Å²) in [5, 5.41) is 9.03. The van der Waals surface area contributed by atoms with Gasteiger partial charge in [-0.3, -0.25) is 24.0 Å². The van der Waals surface area contributed by atoms with E-state index in [1.54, 1.807) is 35.0 Å². The molecule has 0 radical (unpaired) electrons. The zero-order valence-electron chi connectivity index (χ0n) is 39.4. The molecule has 6 heterocycles. The molecule has 6 aliphatic rings. The number of esters is 1. The Kier molecular flexibility index (Phi) is 15.6. The van der Waals surface area contributed by atoms with Crippen LogP contribution in [0.2, 0.25) is 0 Å². The molecule has 0 spiro atoms. The molecule has 24 heteroatoms. The average molecular weight is 1010 g/mol. The van der Waals surface area contributed by atoms with Crippen LogP contribution in [0, 0.1) is 53.4 Å². The van der Waals surface area contributed by atoms with Crippen LogP contribution in [0.5, 0.6) is 0 Å². The predicted molar refractivity (Wildman–Crippen MR) is 229 cm³/mol. The first kappa shape index (κ1) is 54.5. The first-order valence-corrected chi connectivity index (χ1v) is 21.9. The average Bonchev–Trinajstić information content (AvgIpc) is 4.07. The lowest BCUT2D eigenvalue weighted by molar-refractivity contribution is -0.169. The van der Waals surface area contributed by atoms with Gasteiger partial charge >= 0.3 is 18.3 Å². The molecule has 4 unspecified atom stereocenters. The number of methoxy groups -OCH3 is 3. The van der Waals surface area contributed by atoms with E-state index in [2.05, 4.69) is 9.58 Å². The Morgan fingerprint density at radius 3 is 1.70 bits per heavy atom. The molecule has 2 aromatic rings. The van der Waals surface area contributed by atoms with Gasteiger partial charge in [0.2, 0.25) is 23.6 Å². The van der Waals surface area contributed by atoms with Crippen LogP contribution >= 0.6 is 0 Å². The number of nitriles is 1. The van der Waals surface area contributed by atoms with Gasteiger partial charge in [0.25, 0.3) is 0 Å². The van der Waals surface area contributed by atoms with Crippen molar-refractivity contribution in [3.63, 3.8) is 0 Å². The monoisotopic (exact) mass is 1010 g/mol. The summed E-state index contributed by atoms with van der Waals surface area (Å²) in [4.78, 5) is 81.4. The van der Waals surface area contributed by atoms with Crippen LogP contribution in [0.4, 0.5) is 43.4 Å². The van der Waals surface area contributed by atoms with E-state index in [1.807, 2.05) is 0 Å². The molecule has 71 heavy (non-hydrogen) atoms. The summed E-state index contributed by atoms with van der Waals surface area (Å²) in [7, 11) is 4.72.